The van der Waals surface area contributed by atoms with E-state index in [-0.39, 0.29) is 6.03 Å². The third kappa shape index (κ3) is 4.70. The Balaban J connectivity index is 1.77. The molecule has 104 valence electrons. The molecule has 0 aliphatic rings. The van der Waals surface area contributed by atoms with Crippen LogP contribution in [0.15, 0.2) is 53.0 Å². The number of halogens is 1. The summed E-state index contributed by atoms with van der Waals surface area (Å²) in [5.41, 5.74) is 3.36. The van der Waals surface area contributed by atoms with E-state index >= 15 is 0 Å². The number of benzene rings is 2. The number of hydrogen-bond donors (Lipinski definition) is 2. The quantitative estimate of drug-likeness (QED) is 0.879. The Kier molecular flexibility index (Phi) is 5.18. The van der Waals surface area contributed by atoms with Gasteiger partial charge in [0, 0.05) is 17.6 Å². The van der Waals surface area contributed by atoms with Crippen molar-refractivity contribution >= 4 is 22.0 Å². The molecule has 2 N–H and O–H groups in total. The smallest absolute Gasteiger partial charge is 0.315 e. The predicted molar refractivity (Wildman–Crippen MR) is 84.4 cm³/mol. The number of urea groups is 1. The Morgan fingerprint density at radius 3 is 2.30 bits per heavy atom. The molecule has 0 fully saturated rings. The van der Waals surface area contributed by atoms with Gasteiger partial charge in [-0.15, -0.1) is 0 Å². The van der Waals surface area contributed by atoms with E-state index in [1.54, 1.807) is 0 Å². The van der Waals surface area contributed by atoms with E-state index in [0.29, 0.717) is 13.1 Å². The molecule has 0 atom stereocenters. The number of amides is 2. The number of hydrogen-bond acceptors (Lipinski definition) is 1. The van der Waals surface area contributed by atoms with Crippen LogP contribution in [0, 0.1) is 6.92 Å². The van der Waals surface area contributed by atoms with Gasteiger partial charge in [-0.25, -0.2) is 4.79 Å². The van der Waals surface area contributed by atoms with Crippen LogP contribution < -0.4 is 10.6 Å². The standard InChI is InChI=1S/C16H17BrN2O/c1-12-3-2-4-14(9-12)11-19-16(20)18-10-13-5-7-15(17)8-6-13/h2-9H,10-11H2,1H3,(H2,18,19,20). The maximum absolute atomic E-state index is 11.7. The van der Waals surface area contributed by atoms with Gasteiger partial charge < -0.3 is 10.6 Å². The van der Waals surface area contributed by atoms with Crippen molar-refractivity contribution in [2.45, 2.75) is 20.0 Å². The highest BCUT2D eigenvalue weighted by atomic mass is 79.9. The van der Waals surface area contributed by atoms with E-state index < -0.39 is 0 Å². The van der Waals surface area contributed by atoms with Gasteiger partial charge in [0.25, 0.3) is 0 Å². The second-order valence-corrected chi connectivity index (χ2v) is 5.57. The summed E-state index contributed by atoms with van der Waals surface area (Å²) in [7, 11) is 0. The van der Waals surface area contributed by atoms with Crippen molar-refractivity contribution < 1.29 is 4.79 Å². The zero-order chi connectivity index (χ0) is 14.4. The molecule has 2 aromatic rings. The average Bonchev–Trinajstić information content (AvgIpc) is 2.45. The second kappa shape index (κ2) is 7.10. The van der Waals surface area contributed by atoms with Crippen LogP contribution in [-0.4, -0.2) is 6.03 Å². The summed E-state index contributed by atoms with van der Waals surface area (Å²) in [6.07, 6.45) is 0. The first-order chi connectivity index (χ1) is 9.63. The first kappa shape index (κ1) is 14.6. The van der Waals surface area contributed by atoms with Gasteiger partial charge in [0.2, 0.25) is 0 Å². The molecule has 0 unspecified atom stereocenters. The topological polar surface area (TPSA) is 41.1 Å². The van der Waals surface area contributed by atoms with E-state index in [0.717, 1.165) is 15.6 Å². The Labute approximate surface area is 127 Å². The molecule has 0 saturated carbocycles. The van der Waals surface area contributed by atoms with Crippen molar-refractivity contribution in [1.82, 2.24) is 10.6 Å². The minimum Gasteiger partial charge on any atom is -0.334 e. The van der Waals surface area contributed by atoms with Crippen LogP contribution in [-0.2, 0) is 13.1 Å². The van der Waals surface area contributed by atoms with Crippen LogP contribution in [0.1, 0.15) is 16.7 Å². The van der Waals surface area contributed by atoms with Gasteiger partial charge in [-0.1, -0.05) is 57.9 Å². The van der Waals surface area contributed by atoms with E-state index in [1.807, 2.05) is 49.4 Å². The van der Waals surface area contributed by atoms with Crippen molar-refractivity contribution in [2.24, 2.45) is 0 Å². The fourth-order valence-corrected chi connectivity index (χ4v) is 2.12. The highest BCUT2D eigenvalue weighted by Gasteiger charge is 2.01. The zero-order valence-electron chi connectivity index (χ0n) is 11.3. The zero-order valence-corrected chi connectivity index (χ0v) is 12.9. The fraction of sp³-hybridized carbons (Fsp3) is 0.188. The van der Waals surface area contributed by atoms with Crippen molar-refractivity contribution in [2.75, 3.05) is 0 Å². The lowest BCUT2D eigenvalue weighted by molar-refractivity contribution is 0.240. The molecular weight excluding hydrogens is 316 g/mol. The van der Waals surface area contributed by atoms with Gasteiger partial charge in [0.1, 0.15) is 0 Å². The molecule has 0 saturated heterocycles. The molecule has 3 nitrogen and oxygen atoms in total. The molecule has 0 spiro atoms. The molecule has 2 amide bonds. The lowest BCUT2D eigenvalue weighted by Gasteiger charge is -2.08. The van der Waals surface area contributed by atoms with E-state index in [4.69, 9.17) is 0 Å². The summed E-state index contributed by atoms with van der Waals surface area (Å²) < 4.78 is 1.03. The van der Waals surface area contributed by atoms with Crippen molar-refractivity contribution in [3.8, 4) is 0 Å². The number of nitrogens with one attached hydrogen (secondary N) is 2. The third-order valence-corrected chi connectivity index (χ3v) is 3.43. The Morgan fingerprint density at radius 2 is 1.65 bits per heavy atom. The van der Waals surface area contributed by atoms with Crippen LogP contribution in [0.4, 0.5) is 4.79 Å². The third-order valence-electron chi connectivity index (χ3n) is 2.90. The maximum atomic E-state index is 11.7. The van der Waals surface area contributed by atoms with Crippen LogP contribution >= 0.6 is 15.9 Å². The molecule has 2 aromatic carbocycles. The SMILES string of the molecule is Cc1cccc(CNC(=O)NCc2ccc(Br)cc2)c1. The first-order valence-corrected chi connectivity index (χ1v) is 7.24. The highest BCUT2D eigenvalue weighted by molar-refractivity contribution is 9.10. The number of aryl methyl sites for hydroxylation is 1. The Bertz CT molecular complexity index is 581. The maximum Gasteiger partial charge on any atom is 0.315 e. The summed E-state index contributed by atoms with van der Waals surface area (Å²) in [5, 5.41) is 5.69. The summed E-state index contributed by atoms with van der Waals surface area (Å²) in [6.45, 7) is 3.10. The second-order valence-electron chi connectivity index (χ2n) is 4.65. The van der Waals surface area contributed by atoms with Crippen LogP contribution in [0.3, 0.4) is 0 Å². The molecule has 0 radical (unpaired) electrons. The first-order valence-electron chi connectivity index (χ1n) is 6.45. The van der Waals surface area contributed by atoms with Gasteiger partial charge >= 0.3 is 6.03 Å². The minimum absolute atomic E-state index is 0.158. The molecule has 20 heavy (non-hydrogen) atoms. The van der Waals surface area contributed by atoms with Crippen LogP contribution in [0.5, 0.6) is 0 Å². The van der Waals surface area contributed by atoms with Gasteiger partial charge in [0.15, 0.2) is 0 Å². The Morgan fingerprint density at radius 1 is 1.00 bits per heavy atom. The van der Waals surface area contributed by atoms with Crippen LogP contribution in [0.25, 0.3) is 0 Å². The van der Waals surface area contributed by atoms with Crippen molar-refractivity contribution in [1.29, 1.82) is 0 Å². The molecule has 4 heteroatoms. The largest absolute Gasteiger partial charge is 0.334 e. The van der Waals surface area contributed by atoms with Gasteiger partial charge in [-0.2, -0.15) is 0 Å². The monoisotopic (exact) mass is 332 g/mol. The lowest BCUT2D eigenvalue weighted by Crippen LogP contribution is -2.34. The van der Waals surface area contributed by atoms with E-state index in [2.05, 4.69) is 32.6 Å². The predicted octanol–water partition coefficient (Wildman–Crippen LogP) is 3.76. The molecule has 2 rings (SSSR count). The highest BCUT2D eigenvalue weighted by Crippen LogP contribution is 2.10. The van der Waals surface area contributed by atoms with Gasteiger partial charge in [0.05, 0.1) is 0 Å². The summed E-state index contributed by atoms with van der Waals surface area (Å²) in [6, 6.07) is 15.8. The van der Waals surface area contributed by atoms with Crippen molar-refractivity contribution in [3.63, 3.8) is 0 Å². The van der Waals surface area contributed by atoms with Crippen LogP contribution in [0.2, 0.25) is 0 Å². The van der Waals surface area contributed by atoms with Gasteiger partial charge in [-0.3, -0.25) is 0 Å². The van der Waals surface area contributed by atoms with Gasteiger partial charge in [-0.05, 0) is 30.2 Å². The lowest BCUT2D eigenvalue weighted by atomic mass is 10.1. The summed E-state index contributed by atoms with van der Waals surface area (Å²) in [5.74, 6) is 0. The number of rotatable bonds is 4. The molecule has 0 aromatic heterocycles. The molecule has 0 bridgehead atoms. The Hall–Kier alpha value is -1.81. The average molecular weight is 333 g/mol. The molecule has 0 aliphatic heterocycles. The van der Waals surface area contributed by atoms with E-state index in [9.17, 15) is 4.79 Å². The van der Waals surface area contributed by atoms with E-state index in [1.165, 1.54) is 5.56 Å². The number of carbonyl (C=O) groups excluding carboxylic acids is 1. The van der Waals surface area contributed by atoms with Crippen molar-refractivity contribution in [3.05, 3.63) is 69.7 Å². The number of carbonyl (C=O) groups is 1. The molecule has 0 heterocycles. The minimum atomic E-state index is -0.158. The summed E-state index contributed by atoms with van der Waals surface area (Å²) in [4.78, 5) is 11.7. The normalized spacial score (nSPS) is 10.1. The fourth-order valence-electron chi connectivity index (χ4n) is 1.85. The molecular formula is C16H17BrN2O. The summed E-state index contributed by atoms with van der Waals surface area (Å²) >= 11 is 3.38. The molecule has 0 aliphatic carbocycles.